The topological polar surface area (TPSA) is 35.0 Å². The highest BCUT2D eigenvalue weighted by atomic mass is 35.6. The lowest BCUT2D eigenvalue weighted by molar-refractivity contribution is -0.141. The summed E-state index contributed by atoms with van der Waals surface area (Å²) in [6, 6.07) is -0.257. The van der Waals surface area contributed by atoms with Crippen LogP contribution in [-0.4, -0.2) is 13.9 Å². The van der Waals surface area contributed by atoms with E-state index in [1.807, 2.05) is 0 Å². The number of rotatable bonds is 1. The maximum Gasteiger partial charge on any atom is 0.433 e. The fourth-order valence-corrected chi connectivity index (χ4v) is 1.07. The van der Waals surface area contributed by atoms with Crippen LogP contribution in [0, 0.1) is 0 Å². The highest BCUT2D eigenvalue weighted by Gasteiger charge is 2.34. The molecule has 0 aliphatic heterocycles. The summed E-state index contributed by atoms with van der Waals surface area (Å²) in [6.45, 7) is 0. The van der Waals surface area contributed by atoms with Crippen LogP contribution in [0.3, 0.4) is 0 Å². The van der Waals surface area contributed by atoms with Crippen LogP contribution in [0.1, 0.15) is 5.69 Å². The molecule has 1 aromatic rings. The Balaban J connectivity index is 3.09. The first-order valence-electron chi connectivity index (χ1n) is 3.45. The number of halogens is 7. The van der Waals surface area contributed by atoms with Crippen molar-refractivity contribution >= 4 is 46.4 Å². The second-order valence-corrected chi connectivity index (χ2v) is 4.97. The maximum absolute atomic E-state index is 12.3. The molecular weight excluding hydrogens is 315 g/mol. The van der Waals surface area contributed by atoms with Gasteiger partial charge in [-0.3, -0.25) is 0 Å². The summed E-state index contributed by atoms with van der Waals surface area (Å²) in [5, 5.41) is -0.480. The fourth-order valence-electron chi connectivity index (χ4n) is 0.691. The van der Waals surface area contributed by atoms with E-state index in [1.54, 1.807) is 0 Å². The van der Waals surface area contributed by atoms with E-state index in [-0.39, 0.29) is 0 Å². The monoisotopic (exact) mass is 314 g/mol. The van der Waals surface area contributed by atoms with Crippen molar-refractivity contribution in [3.63, 3.8) is 0 Å². The molecule has 0 saturated heterocycles. The number of aromatic nitrogens is 2. The maximum atomic E-state index is 12.3. The van der Waals surface area contributed by atoms with Crippen LogP contribution < -0.4 is 4.74 Å². The Hall–Kier alpha value is -0.170. The number of hydrogen-bond acceptors (Lipinski definition) is 3. The zero-order valence-corrected chi connectivity index (χ0v) is 10.0. The number of hydrogen-bond donors (Lipinski definition) is 0. The minimum atomic E-state index is -4.70. The Morgan fingerprint density at radius 1 is 1.12 bits per heavy atom. The summed E-state index contributed by atoms with van der Waals surface area (Å²) in [5.41, 5.74) is -1.29. The normalized spacial score (nSPS) is 12.7. The molecule has 0 aromatic carbocycles. The van der Waals surface area contributed by atoms with Gasteiger partial charge in [0.1, 0.15) is 5.15 Å². The van der Waals surface area contributed by atoms with E-state index in [0.29, 0.717) is 6.07 Å². The Morgan fingerprint density at radius 2 is 1.69 bits per heavy atom. The SMILES string of the molecule is FC(F)(F)c1cc(Cl)nc(OC(Cl)(Cl)Cl)n1. The average molecular weight is 316 g/mol. The lowest BCUT2D eigenvalue weighted by atomic mass is 10.4. The van der Waals surface area contributed by atoms with Gasteiger partial charge in [0.2, 0.25) is 0 Å². The second kappa shape index (κ2) is 4.60. The van der Waals surface area contributed by atoms with Gasteiger partial charge < -0.3 is 4.74 Å². The largest absolute Gasteiger partial charge is 0.433 e. The predicted molar refractivity (Wildman–Crippen MR) is 53.0 cm³/mol. The van der Waals surface area contributed by atoms with E-state index in [0.717, 1.165) is 0 Å². The Labute approximate surface area is 107 Å². The third kappa shape index (κ3) is 4.37. The van der Waals surface area contributed by atoms with E-state index in [1.165, 1.54) is 0 Å². The molecule has 0 atom stereocenters. The average Bonchev–Trinajstić information content (AvgIpc) is 1.97. The van der Waals surface area contributed by atoms with Crippen molar-refractivity contribution in [1.82, 2.24) is 9.97 Å². The van der Waals surface area contributed by atoms with Crippen LogP contribution in [0.25, 0.3) is 0 Å². The zero-order chi connectivity index (χ0) is 12.6. The van der Waals surface area contributed by atoms with Crippen LogP contribution in [-0.2, 0) is 6.18 Å². The molecule has 0 bridgehead atoms. The van der Waals surface area contributed by atoms with Crippen LogP contribution >= 0.6 is 46.4 Å². The predicted octanol–water partition coefficient (Wildman–Crippen LogP) is 3.86. The lowest BCUT2D eigenvalue weighted by Gasteiger charge is -2.13. The van der Waals surface area contributed by atoms with Gasteiger partial charge in [-0.05, 0) is 34.8 Å². The van der Waals surface area contributed by atoms with Crippen molar-refractivity contribution in [2.24, 2.45) is 0 Å². The fraction of sp³-hybridized carbons (Fsp3) is 0.333. The van der Waals surface area contributed by atoms with E-state index < -0.39 is 27.0 Å². The summed E-state index contributed by atoms with van der Waals surface area (Å²) in [7, 11) is 0. The molecule has 90 valence electrons. The van der Waals surface area contributed by atoms with Gasteiger partial charge in [-0.1, -0.05) is 11.6 Å². The van der Waals surface area contributed by atoms with Gasteiger partial charge >= 0.3 is 16.2 Å². The summed E-state index contributed by atoms with van der Waals surface area (Å²) in [4.78, 5) is 6.31. The van der Waals surface area contributed by atoms with Gasteiger partial charge in [0.25, 0.3) is 0 Å². The molecule has 1 rings (SSSR count). The first kappa shape index (κ1) is 13.9. The Kier molecular flexibility index (Phi) is 3.99. The van der Waals surface area contributed by atoms with Crippen molar-refractivity contribution in [1.29, 1.82) is 0 Å². The molecule has 0 fully saturated rings. The van der Waals surface area contributed by atoms with Gasteiger partial charge in [0.15, 0.2) is 5.69 Å². The third-order valence-corrected chi connectivity index (χ3v) is 1.60. The van der Waals surface area contributed by atoms with Crippen molar-refractivity contribution in [2.75, 3.05) is 0 Å². The summed E-state index contributed by atoms with van der Waals surface area (Å²) >= 11 is 20.9. The first-order chi connectivity index (χ1) is 7.08. The summed E-state index contributed by atoms with van der Waals surface area (Å²) in [5.74, 6) is 0. The molecule has 1 heterocycles. The highest BCUT2D eigenvalue weighted by molar-refractivity contribution is 6.66. The van der Waals surface area contributed by atoms with Crippen LogP contribution in [0.15, 0.2) is 6.07 Å². The van der Waals surface area contributed by atoms with E-state index >= 15 is 0 Å². The highest BCUT2D eigenvalue weighted by Crippen LogP contribution is 2.33. The molecule has 0 unspecified atom stereocenters. The molecule has 0 N–H and O–H groups in total. The molecule has 0 aliphatic rings. The van der Waals surface area contributed by atoms with E-state index in [4.69, 9.17) is 46.4 Å². The quantitative estimate of drug-likeness (QED) is 0.583. The molecular formula is C6HCl4F3N2O. The number of alkyl halides is 6. The number of ether oxygens (including phenoxy) is 1. The zero-order valence-electron chi connectivity index (χ0n) is 7.03. The van der Waals surface area contributed by atoms with Crippen molar-refractivity contribution in [3.05, 3.63) is 16.9 Å². The summed E-state index contributed by atoms with van der Waals surface area (Å²) in [6.07, 6.45) is -4.70. The minimum Gasteiger partial charge on any atom is -0.412 e. The molecule has 1 aromatic heterocycles. The molecule has 3 nitrogen and oxygen atoms in total. The van der Waals surface area contributed by atoms with Gasteiger partial charge in [-0.25, -0.2) is 0 Å². The van der Waals surface area contributed by atoms with Crippen LogP contribution in [0.2, 0.25) is 5.15 Å². The van der Waals surface area contributed by atoms with E-state index in [9.17, 15) is 13.2 Å². The summed E-state index contributed by atoms with van der Waals surface area (Å²) < 4.78 is 39.0. The molecule has 0 spiro atoms. The Bertz CT molecular complexity index is 392. The first-order valence-corrected chi connectivity index (χ1v) is 4.96. The molecule has 10 heteroatoms. The third-order valence-electron chi connectivity index (χ3n) is 1.17. The molecule has 0 amide bonds. The smallest absolute Gasteiger partial charge is 0.412 e. The van der Waals surface area contributed by atoms with Crippen molar-refractivity contribution in [2.45, 2.75) is 10.2 Å². The second-order valence-electron chi connectivity index (χ2n) is 2.40. The standard InChI is InChI=1S/C6HCl4F3N2O/c7-3-1-2(5(11,12)13)14-4(15-3)16-6(8,9)10/h1H. The van der Waals surface area contributed by atoms with Crippen molar-refractivity contribution in [3.8, 4) is 6.01 Å². The molecule has 16 heavy (non-hydrogen) atoms. The minimum absolute atomic E-state index is 0.480. The number of nitrogens with zero attached hydrogens (tertiary/aromatic N) is 2. The van der Waals surface area contributed by atoms with Gasteiger partial charge in [-0.2, -0.15) is 23.1 Å². The van der Waals surface area contributed by atoms with Gasteiger partial charge in [0.05, 0.1) is 0 Å². The van der Waals surface area contributed by atoms with Crippen molar-refractivity contribution < 1.29 is 17.9 Å². The molecule has 0 saturated carbocycles. The molecule has 0 aliphatic carbocycles. The Morgan fingerprint density at radius 3 is 2.12 bits per heavy atom. The lowest BCUT2D eigenvalue weighted by Crippen LogP contribution is -2.17. The van der Waals surface area contributed by atoms with E-state index in [2.05, 4.69) is 14.7 Å². The van der Waals surface area contributed by atoms with Gasteiger partial charge in [0, 0.05) is 6.07 Å². The molecule has 0 radical (unpaired) electrons. The van der Waals surface area contributed by atoms with Crippen LogP contribution in [0.5, 0.6) is 6.01 Å². The van der Waals surface area contributed by atoms with Crippen LogP contribution in [0.4, 0.5) is 13.2 Å². The van der Waals surface area contributed by atoms with Gasteiger partial charge in [-0.15, -0.1) is 0 Å².